The minimum atomic E-state index is -0.782. The number of halogens is 2. The van der Waals surface area contributed by atoms with E-state index in [2.05, 4.69) is 0 Å². The first-order chi connectivity index (χ1) is 8.70. The van der Waals surface area contributed by atoms with Crippen molar-refractivity contribution in [2.45, 2.75) is 42.2 Å². The topological polar surface area (TPSA) is 26.0 Å². The molecule has 0 radical (unpaired) electrons. The van der Waals surface area contributed by atoms with Crippen molar-refractivity contribution < 1.29 is 8.78 Å². The first kappa shape index (κ1) is 13.8. The Hall–Kier alpha value is -0.610. The smallest absolute Gasteiger partial charge is 0.159 e. The SMILES string of the molecule is NCC1CCCCCC1Sc1ccc(F)c(F)c1. The van der Waals surface area contributed by atoms with Gasteiger partial charge in [0.05, 0.1) is 0 Å². The molecule has 0 bridgehead atoms. The lowest BCUT2D eigenvalue weighted by molar-refractivity contribution is 0.483. The average Bonchev–Trinajstić information content (AvgIpc) is 2.59. The van der Waals surface area contributed by atoms with Crippen molar-refractivity contribution in [3.8, 4) is 0 Å². The zero-order chi connectivity index (χ0) is 13.0. The standard InChI is InChI=1S/C14H19F2NS/c15-12-7-6-11(8-13(12)16)18-14-5-3-1-2-4-10(14)9-17/h6-8,10,14H,1-5,9,17H2. The predicted molar refractivity (Wildman–Crippen MR) is 71.6 cm³/mol. The van der Waals surface area contributed by atoms with E-state index in [4.69, 9.17) is 5.73 Å². The van der Waals surface area contributed by atoms with Crippen molar-refractivity contribution in [1.29, 1.82) is 0 Å². The highest BCUT2D eigenvalue weighted by molar-refractivity contribution is 8.00. The molecule has 1 aliphatic rings. The van der Waals surface area contributed by atoms with Gasteiger partial charge < -0.3 is 5.73 Å². The first-order valence-electron chi connectivity index (χ1n) is 6.52. The summed E-state index contributed by atoms with van der Waals surface area (Å²) in [7, 11) is 0. The summed E-state index contributed by atoms with van der Waals surface area (Å²) in [4.78, 5) is 0.805. The second kappa shape index (κ2) is 6.53. The Balaban J connectivity index is 2.07. The van der Waals surface area contributed by atoms with Gasteiger partial charge in [-0.1, -0.05) is 19.3 Å². The van der Waals surface area contributed by atoms with Crippen LogP contribution in [0.1, 0.15) is 32.1 Å². The molecule has 18 heavy (non-hydrogen) atoms. The van der Waals surface area contributed by atoms with Crippen LogP contribution in [0, 0.1) is 17.6 Å². The molecule has 1 fully saturated rings. The van der Waals surface area contributed by atoms with Crippen molar-refractivity contribution in [2.24, 2.45) is 11.7 Å². The van der Waals surface area contributed by atoms with Gasteiger partial charge in [-0.3, -0.25) is 0 Å². The number of rotatable bonds is 3. The molecule has 1 aliphatic carbocycles. The van der Waals surface area contributed by atoms with Crippen LogP contribution in [0.25, 0.3) is 0 Å². The van der Waals surface area contributed by atoms with E-state index in [0.717, 1.165) is 17.7 Å². The number of thioether (sulfide) groups is 1. The minimum Gasteiger partial charge on any atom is -0.330 e. The lowest BCUT2D eigenvalue weighted by Crippen LogP contribution is -2.24. The molecule has 0 spiro atoms. The van der Waals surface area contributed by atoms with Gasteiger partial charge in [-0.15, -0.1) is 11.8 Å². The maximum Gasteiger partial charge on any atom is 0.159 e. The highest BCUT2D eigenvalue weighted by Gasteiger charge is 2.23. The highest BCUT2D eigenvalue weighted by atomic mass is 32.2. The van der Waals surface area contributed by atoms with E-state index in [9.17, 15) is 8.78 Å². The Morgan fingerprint density at radius 3 is 2.61 bits per heavy atom. The number of hydrogen-bond acceptors (Lipinski definition) is 2. The van der Waals surface area contributed by atoms with Crippen LogP contribution in [0.4, 0.5) is 8.78 Å². The zero-order valence-electron chi connectivity index (χ0n) is 10.4. The molecule has 0 saturated heterocycles. The van der Waals surface area contributed by atoms with Crippen molar-refractivity contribution >= 4 is 11.8 Å². The average molecular weight is 271 g/mol. The molecule has 0 aliphatic heterocycles. The summed E-state index contributed by atoms with van der Waals surface area (Å²) in [6.45, 7) is 0.682. The third-order valence-electron chi connectivity index (χ3n) is 3.57. The van der Waals surface area contributed by atoms with Gasteiger partial charge >= 0.3 is 0 Å². The van der Waals surface area contributed by atoms with E-state index in [0.29, 0.717) is 17.7 Å². The summed E-state index contributed by atoms with van der Waals surface area (Å²) in [6.07, 6.45) is 5.96. The van der Waals surface area contributed by atoms with Crippen LogP contribution >= 0.6 is 11.8 Å². The molecule has 1 saturated carbocycles. The molecule has 0 heterocycles. The van der Waals surface area contributed by atoms with Gasteiger partial charge in [0.15, 0.2) is 11.6 Å². The molecule has 4 heteroatoms. The quantitative estimate of drug-likeness (QED) is 0.842. The van der Waals surface area contributed by atoms with Gasteiger partial charge in [-0.05, 0) is 43.5 Å². The summed E-state index contributed by atoms with van der Waals surface area (Å²) < 4.78 is 26.1. The fourth-order valence-corrected chi connectivity index (χ4v) is 3.89. The van der Waals surface area contributed by atoms with E-state index in [-0.39, 0.29) is 0 Å². The Morgan fingerprint density at radius 2 is 1.89 bits per heavy atom. The van der Waals surface area contributed by atoms with Crippen LogP contribution in [0.2, 0.25) is 0 Å². The molecule has 1 nitrogen and oxygen atoms in total. The fraction of sp³-hybridized carbons (Fsp3) is 0.571. The van der Waals surface area contributed by atoms with Gasteiger partial charge in [0.1, 0.15) is 0 Å². The molecule has 2 unspecified atom stereocenters. The molecule has 2 atom stereocenters. The van der Waals surface area contributed by atoms with Crippen molar-refractivity contribution in [3.05, 3.63) is 29.8 Å². The third-order valence-corrected chi connectivity index (χ3v) is 5.02. The van der Waals surface area contributed by atoms with Gasteiger partial charge in [0.2, 0.25) is 0 Å². The Morgan fingerprint density at radius 1 is 1.11 bits per heavy atom. The van der Waals surface area contributed by atoms with Crippen LogP contribution < -0.4 is 5.73 Å². The summed E-state index contributed by atoms with van der Waals surface area (Å²) >= 11 is 1.65. The molecule has 1 aromatic rings. The van der Waals surface area contributed by atoms with Crippen molar-refractivity contribution in [1.82, 2.24) is 0 Å². The first-order valence-corrected chi connectivity index (χ1v) is 7.40. The summed E-state index contributed by atoms with van der Waals surface area (Å²) in [5.41, 5.74) is 5.82. The van der Waals surface area contributed by atoms with E-state index in [1.54, 1.807) is 17.8 Å². The van der Waals surface area contributed by atoms with Gasteiger partial charge in [0, 0.05) is 10.1 Å². The van der Waals surface area contributed by atoms with Crippen LogP contribution in [0.15, 0.2) is 23.1 Å². The molecule has 100 valence electrons. The lowest BCUT2D eigenvalue weighted by Gasteiger charge is -2.23. The number of benzene rings is 1. The summed E-state index contributed by atoms with van der Waals surface area (Å²) in [5, 5.41) is 0.433. The van der Waals surface area contributed by atoms with E-state index >= 15 is 0 Å². The minimum absolute atomic E-state index is 0.433. The van der Waals surface area contributed by atoms with E-state index in [1.165, 1.54) is 31.4 Å². The fourth-order valence-electron chi connectivity index (χ4n) is 2.50. The third kappa shape index (κ3) is 3.45. The molecule has 2 rings (SSSR count). The molecular weight excluding hydrogens is 252 g/mol. The number of nitrogens with two attached hydrogens (primary N) is 1. The van der Waals surface area contributed by atoms with Crippen LogP contribution in [0.5, 0.6) is 0 Å². The maximum absolute atomic E-state index is 13.2. The lowest BCUT2D eigenvalue weighted by atomic mass is 10.0. The van der Waals surface area contributed by atoms with Gasteiger partial charge in [-0.2, -0.15) is 0 Å². The van der Waals surface area contributed by atoms with Crippen LogP contribution in [-0.2, 0) is 0 Å². The normalized spacial score (nSPS) is 24.8. The predicted octanol–water partition coefficient (Wildman–Crippen LogP) is 3.96. The second-order valence-corrected chi connectivity index (χ2v) is 6.18. The maximum atomic E-state index is 13.2. The Bertz CT molecular complexity index is 397. The van der Waals surface area contributed by atoms with Crippen LogP contribution in [-0.4, -0.2) is 11.8 Å². The summed E-state index contributed by atoms with van der Waals surface area (Å²) in [6, 6.07) is 4.14. The molecule has 1 aromatic carbocycles. The Labute approximate surface area is 111 Å². The van der Waals surface area contributed by atoms with Crippen molar-refractivity contribution in [2.75, 3.05) is 6.54 Å². The molecular formula is C14H19F2NS. The Kier molecular flexibility index (Phi) is 5.01. The van der Waals surface area contributed by atoms with Gasteiger partial charge in [-0.25, -0.2) is 8.78 Å². The number of hydrogen-bond donors (Lipinski definition) is 1. The van der Waals surface area contributed by atoms with Crippen molar-refractivity contribution in [3.63, 3.8) is 0 Å². The van der Waals surface area contributed by atoms with E-state index in [1.807, 2.05) is 0 Å². The monoisotopic (exact) mass is 271 g/mol. The largest absolute Gasteiger partial charge is 0.330 e. The molecule has 0 aromatic heterocycles. The molecule has 0 amide bonds. The zero-order valence-corrected chi connectivity index (χ0v) is 11.2. The van der Waals surface area contributed by atoms with Gasteiger partial charge in [0.25, 0.3) is 0 Å². The van der Waals surface area contributed by atoms with E-state index < -0.39 is 11.6 Å². The highest BCUT2D eigenvalue weighted by Crippen LogP contribution is 2.36. The summed E-state index contributed by atoms with van der Waals surface area (Å²) in [5.74, 6) is -1.06. The molecule has 2 N–H and O–H groups in total. The van der Waals surface area contributed by atoms with Crippen LogP contribution in [0.3, 0.4) is 0 Å². The second-order valence-electron chi connectivity index (χ2n) is 4.87.